The van der Waals surface area contributed by atoms with Crippen molar-refractivity contribution in [1.82, 2.24) is 15.1 Å². The monoisotopic (exact) mass is 366 g/mol. The van der Waals surface area contributed by atoms with Crippen LogP contribution in [-0.4, -0.2) is 35.2 Å². The number of halogens is 1. The molecule has 0 atom stereocenters. The van der Waals surface area contributed by atoms with Crippen LogP contribution in [0.4, 0.5) is 5.82 Å². The van der Waals surface area contributed by atoms with Crippen LogP contribution in [0.5, 0.6) is 5.75 Å². The van der Waals surface area contributed by atoms with Crippen LogP contribution >= 0.6 is 15.9 Å². The Kier molecular flexibility index (Phi) is 5.16. The highest BCUT2D eigenvalue weighted by molar-refractivity contribution is 9.10. The quantitative estimate of drug-likeness (QED) is 0.840. The van der Waals surface area contributed by atoms with Crippen molar-refractivity contribution in [2.45, 2.75) is 0 Å². The second-order valence-electron chi connectivity index (χ2n) is 4.44. The fraction of sp³-hybridized carbons (Fsp3) is 0.214. The molecule has 0 unspecified atom stereocenters. The lowest BCUT2D eigenvalue weighted by atomic mass is 10.2. The summed E-state index contributed by atoms with van der Waals surface area (Å²) in [5.41, 5.74) is 0.424. The fourth-order valence-corrected chi connectivity index (χ4v) is 2.02. The molecule has 22 heavy (non-hydrogen) atoms. The molecule has 0 aliphatic heterocycles. The third-order valence-electron chi connectivity index (χ3n) is 2.83. The van der Waals surface area contributed by atoms with Crippen LogP contribution in [0, 0.1) is 0 Å². The van der Waals surface area contributed by atoms with Gasteiger partial charge < -0.3 is 15.4 Å². The zero-order valence-corrected chi connectivity index (χ0v) is 13.7. The standard InChI is InChI=1S/C14H15BrN4O3/c1-19-11(15)7-12(18-19)17-13(20)8-16-14(21)9-4-3-5-10(6-9)22-2/h3-7H,8H2,1-2H3,(H,16,21)(H,17,18,20). The first-order valence-electron chi connectivity index (χ1n) is 6.41. The van der Waals surface area contributed by atoms with Gasteiger partial charge in [-0.3, -0.25) is 14.3 Å². The van der Waals surface area contributed by atoms with E-state index in [4.69, 9.17) is 4.74 Å². The zero-order valence-electron chi connectivity index (χ0n) is 12.1. The molecule has 2 rings (SSSR count). The molecule has 1 aromatic heterocycles. The lowest BCUT2D eigenvalue weighted by Crippen LogP contribution is -2.32. The van der Waals surface area contributed by atoms with Crippen LogP contribution in [0.2, 0.25) is 0 Å². The number of rotatable bonds is 5. The summed E-state index contributed by atoms with van der Waals surface area (Å²) in [6.45, 7) is -0.149. The van der Waals surface area contributed by atoms with E-state index < -0.39 is 0 Å². The van der Waals surface area contributed by atoms with Crippen molar-refractivity contribution in [2.75, 3.05) is 19.0 Å². The number of aromatic nitrogens is 2. The predicted molar refractivity (Wildman–Crippen MR) is 84.9 cm³/mol. The van der Waals surface area contributed by atoms with Gasteiger partial charge in [-0.25, -0.2) is 0 Å². The summed E-state index contributed by atoms with van der Waals surface area (Å²) >= 11 is 3.28. The third-order valence-corrected chi connectivity index (χ3v) is 3.57. The highest BCUT2D eigenvalue weighted by Crippen LogP contribution is 2.14. The number of ether oxygens (including phenoxy) is 1. The molecule has 0 aliphatic rings. The van der Waals surface area contributed by atoms with E-state index in [2.05, 4.69) is 31.7 Å². The van der Waals surface area contributed by atoms with Gasteiger partial charge in [-0.05, 0) is 34.1 Å². The Bertz CT molecular complexity index is 680. The van der Waals surface area contributed by atoms with Crippen LogP contribution in [0.25, 0.3) is 0 Å². The van der Waals surface area contributed by atoms with Gasteiger partial charge in [-0.2, -0.15) is 5.10 Å². The maximum atomic E-state index is 12.0. The van der Waals surface area contributed by atoms with Crippen LogP contribution in [0.3, 0.4) is 0 Å². The number of methoxy groups -OCH3 is 1. The van der Waals surface area contributed by atoms with Gasteiger partial charge in [-0.1, -0.05) is 6.07 Å². The van der Waals surface area contributed by atoms with Crippen LogP contribution in [0.15, 0.2) is 34.9 Å². The molecular formula is C14H15BrN4O3. The number of amides is 2. The molecule has 8 heteroatoms. The van der Waals surface area contributed by atoms with Gasteiger partial charge in [0.1, 0.15) is 10.4 Å². The van der Waals surface area contributed by atoms with E-state index in [9.17, 15) is 9.59 Å². The molecule has 0 saturated carbocycles. The number of carbonyl (C=O) groups is 2. The predicted octanol–water partition coefficient (Wildman–Crippen LogP) is 1.56. The number of aryl methyl sites for hydroxylation is 1. The van der Waals surface area contributed by atoms with E-state index in [1.165, 1.54) is 7.11 Å². The van der Waals surface area contributed by atoms with E-state index in [0.29, 0.717) is 17.1 Å². The van der Waals surface area contributed by atoms with Crippen molar-refractivity contribution in [3.05, 3.63) is 40.5 Å². The van der Waals surface area contributed by atoms with Gasteiger partial charge >= 0.3 is 0 Å². The number of carbonyl (C=O) groups excluding carboxylic acids is 2. The Morgan fingerprint density at radius 3 is 2.77 bits per heavy atom. The molecule has 0 saturated heterocycles. The molecule has 0 fully saturated rings. The van der Waals surface area contributed by atoms with Gasteiger partial charge in [0.15, 0.2) is 5.82 Å². The molecule has 2 amide bonds. The van der Waals surface area contributed by atoms with Crippen molar-refractivity contribution < 1.29 is 14.3 Å². The zero-order chi connectivity index (χ0) is 16.1. The van der Waals surface area contributed by atoms with Gasteiger partial charge in [0.2, 0.25) is 5.91 Å². The maximum Gasteiger partial charge on any atom is 0.251 e. The van der Waals surface area contributed by atoms with Crippen molar-refractivity contribution >= 4 is 33.6 Å². The van der Waals surface area contributed by atoms with E-state index in [1.54, 1.807) is 42.1 Å². The maximum absolute atomic E-state index is 12.0. The minimum absolute atomic E-state index is 0.149. The largest absolute Gasteiger partial charge is 0.497 e. The molecular weight excluding hydrogens is 352 g/mol. The lowest BCUT2D eigenvalue weighted by molar-refractivity contribution is -0.115. The molecule has 0 aliphatic carbocycles. The summed E-state index contributed by atoms with van der Waals surface area (Å²) in [5.74, 6) is 0.281. The molecule has 116 valence electrons. The molecule has 2 N–H and O–H groups in total. The number of anilines is 1. The van der Waals surface area contributed by atoms with Gasteiger partial charge in [0.05, 0.1) is 13.7 Å². The number of hydrogen-bond donors (Lipinski definition) is 2. The summed E-state index contributed by atoms with van der Waals surface area (Å²) in [7, 11) is 3.26. The van der Waals surface area contributed by atoms with E-state index in [-0.39, 0.29) is 18.4 Å². The minimum Gasteiger partial charge on any atom is -0.497 e. The third kappa shape index (κ3) is 4.08. The topological polar surface area (TPSA) is 85.2 Å². The van der Waals surface area contributed by atoms with E-state index >= 15 is 0 Å². The van der Waals surface area contributed by atoms with Gasteiger partial charge in [0.25, 0.3) is 5.91 Å². The van der Waals surface area contributed by atoms with Crippen LogP contribution < -0.4 is 15.4 Å². The van der Waals surface area contributed by atoms with Crippen molar-refractivity contribution in [1.29, 1.82) is 0 Å². The van der Waals surface area contributed by atoms with Gasteiger partial charge in [0, 0.05) is 18.7 Å². The Labute approximate surface area is 135 Å². The highest BCUT2D eigenvalue weighted by atomic mass is 79.9. The fourth-order valence-electron chi connectivity index (χ4n) is 1.72. The summed E-state index contributed by atoms with van der Waals surface area (Å²) in [6.07, 6.45) is 0. The Balaban J connectivity index is 1.88. The number of nitrogens with one attached hydrogen (secondary N) is 2. The van der Waals surface area contributed by atoms with Crippen LogP contribution in [-0.2, 0) is 11.8 Å². The second kappa shape index (κ2) is 7.08. The molecule has 0 spiro atoms. The smallest absolute Gasteiger partial charge is 0.251 e. The van der Waals surface area contributed by atoms with E-state index in [1.807, 2.05) is 0 Å². The molecule has 0 radical (unpaired) electrons. The highest BCUT2D eigenvalue weighted by Gasteiger charge is 2.10. The van der Waals surface area contributed by atoms with Crippen LogP contribution in [0.1, 0.15) is 10.4 Å². The van der Waals surface area contributed by atoms with Crippen molar-refractivity contribution in [3.63, 3.8) is 0 Å². The SMILES string of the molecule is COc1cccc(C(=O)NCC(=O)Nc2cc(Br)n(C)n2)c1. The average molecular weight is 367 g/mol. The molecule has 0 bridgehead atoms. The van der Waals surface area contributed by atoms with Gasteiger partial charge in [-0.15, -0.1) is 0 Å². The summed E-state index contributed by atoms with van der Waals surface area (Å²) in [6, 6.07) is 8.36. The Morgan fingerprint density at radius 2 is 2.14 bits per heavy atom. The lowest BCUT2D eigenvalue weighted by Gasteiger charge is -2.06. The van der Waals surface area contributed by atoms with Crippen molar-refractivity contribution in [3.8, 4) is 5.75 Å². The molecule has 7 nitrogen and oxygen atoms in total. The summed E-state index contributed by atoms with van der Waals surface area (Å²) in [5, 5.41) is 9.20. The summed E-state index contributed by atoms with van der Waals surface area (Å²) < 4.78 is 7.36. The molecule has 1 aromatic carbocycles. The average Bonchev–Trinajstić information content (AvgIpc) is 2.82. The first-order valence-corrected chi connectivity index (χ1v) is 7.20. The van der Waals surface area contributed by atoms with Crippen molar-refractivity contribution in [2.24, 2.45) is 7.05 Å². The molecule has 1 heterocycles. The minimum atomic E-state index is -0.359. The first kappa shape index (κ1) is 16.0. The molecule has 2 aromatic rings. The first-order chi connectivity index (χ1) is 10.5. The second-order valence-corrected chi connectivity index (χ2v) is 5.25. The Morgan fingerprint density at radius 1 is 1.36 bits per heavy atom. The number of nitrogens with zero attached hydrogens (tertiary/aromatic N) is 2. The summed E-state index contributed by atoms with van der Waals surface area (Å²) in [4.78, 5) is 23.7. The normalized spacial score (nSPS) is 10.1. The number of hydrogen-bond acceptors (Lipinski definition) is 4. The Hall–Kier alpha value is -2.35. The number of benzene rings is 1. The van der Waals surface area contributed by atoms with E-state index in [0.717, 1.165) is 4.60 Å².